The topological polar surface area (TPSA) is 77.4 Å². The number of hydrogen-bond acceptors (Lipinski definition) is 5. The van der Waals surface area contributed by atoms with E-state index in [1.165, 1.54) is 0 Å². The average Bonchev–Trinajstić information content (AvgIpc) is 3.72. The molecular weight excluding hydrogens is 605 g/mol. The molecule has 234 valence electrons. The molecule has 0 bridgehead atoms. The first-order valence-corrected chi connectivity index (χ1v) is 16.4. The van der Waals surface area contributed by atoms with E-state index in [9.17, 15) is 4.79 Å². The number of aromatic amines is 1. The molecule has 2 unspecified atom stereocenters. The van der Waals surface area contributed by atoms with Gasteiger partial charge in [0.2, 0.25) is 5.95 Å². The fourth-order valence-electron chi connectivity index (χ4n) is 6.56. The second kappa shape index (κ2) is 13.7. The van der Waals surface area contributed by atoms with Gasteiger partial charge in [0.05, 0.1) is 33.5 Å². The molecule has 2 atom stereocenters. The van der Waals surface area contributed by atoms with Crippen molar-refractivity contribution in [2.45, 2.75) is 57.7 Å². The number of para-hydroxylation sites is 1. The Hall–Kier alpha value is -3.78. The minimum absolute atomic E-state index is 0.00591. The summed E-state index contributed by atoms with van der Waals surface area (Å²) in [5, 5.41) is 4.72. The molecule has 1 fully saturated rings. The lowest BCUT2D eigenvalue weighted by atomic mass is 9.90. The number of aryl methyl sites for hydroxylation is 1. The minimum atomic E-state index is -0.155. The Bertz CT molecular complexity index is 1740. The third-order valence-corrected chi connectivity index (χ3v) is 9.71. The fourth-order valence-corrected chi connectivity index (χ4v) is 6.86. The molecule has 0 radical (unpaired) electrons. The number of fused-ring (bicyclic) bond motifs is 1. The maximum atomic E-state index is 13.9. The number of nitrogens with zero attached hydrogens (tertiary/aromatic N) is 3. The number of rotatable bonds is 10. The summed E-state index contributed by atoms with van der Waals surface area (Å²) >= 11 is 12.8. The van der Waals surface area contributed by atoms with Crippen LogP contribution in [-0.2, 0) is 6.42 Å². The van der Waals surface area contributed by atoms with Gasteiger partial charge in [0.25, 0.3) is 5.91 Å². The smallest absolute Gasteiger partial charge is 0.254 e. The minimum Gasteiger partial charge on any atom is -0.469 e. The van der Waals surface area contributed by atoms with Gasteiger partial charge in [-0.1, -0.05) is 66.0 Å². The molecule has 9 heteroatoms. The molecule has 0 spiro atoms. The normalized spacial score (nSPS) is 15.7. The van der Waals surface area contributed by atoms with Crippen molar-refractivity contribution in [3.05, 3.63) is 117 Å². The Morgan fingerprint density at radius 1 is 1.07 bits per heavy atom. The van der Waals surface area contributed by atoms with Crippen LogP contribution in [-0.4, -0.2) is 58.0 Å². The maximum Gasteiger partial charge on any atom is 0.254 e. The molecule has 0 saturated carbocycles. The largest absolute Gasteiger partial charge is 0.469 e. The van der Waals surface area contributed by atoms with Crippen LogP contribution in [0, 0.1) is 6.92 Å². The molecule has 3 heterocycles. The molecule has 1 aliphatic rings. The van der Waals surface area contributed by atoms with E-state index >= 15 is 0 Å². The van der Waals surface area contributed by atoms with E-state index in [0.29, 0.717) is 22.0 Å². The first-order chi connectivity index (χ1) is 21.8. The molecule has 0 aliphatic carbocycles. The van der Waals surface area contributed by atoms with Gasteiger partial charge in [-0.3, -0.25) is 9.69 Å². The maximum absolute atomic E-state index is 13.9. The van der Waals surface area contributed by atoms with Gasteiger partial charge >= 0.3 is 0 Å². The van der Waals surface area contributed by atoms with Crippen LogP contribution >= 0.6 is 23.2 Å². The second-order valence-electron chi connectivity index (χ2n) is 12.0. The van der Waals surface area contributed by atoms with E-state index in [-0.39, 0.29) is 24.0 Å². The highest BCUT2D eigenvalue weighted by Crippen LogP contribution is 2.35. The number of likely N-dealkylation sites (tertiary alicyclic amines) is 1. The highest BCUT2D eigenvalue weighted by atomic mass is 35.5. The zero-order valence-corrected chi connectivity index (χ0v) is 27.4. The van der Waals surface area contributed by atoms with Crippen LogP contribution in [0.1, 0.15) is 64.9 Å². The third kappa shape index (κ3) is 6.91. The van der Waals surface area contributed by atoms with Crippen molar-refractivity contribution < 1.29 is 9.21 Å². The van der Waals surface area contributed by atoms with E-state index in [1.807, 2.05) is 79.5 Å². The summed E-state index contributed by atoms with van der Waals surface area (Å²) in [6.45, 7) is 5.85. The van der Waals surface area contributed by atoms with E-state index in [4.69, 9.17) is 32.6 Å². The molecule has 7 nitrogen and oxygen atoms in total. The van der Waals surface area contributed by atoms with Gasteiger partial charge in [-0.2, -0.15) is 0 Å². The Labute approximate surface area is 274 Å². The number of aromatic nitrogens is 2. The lowest BCUT2D eigenvalue weighted by Gasteiger charge is -2.45. The zero-order valence-electron chi connectivity index (χ0n) is 25.9. The van der Waals surface area contributed by atoms with Crippen molar-refractivity contribution in [3.63, 3.8) is 0 Å². The second-order valence-corrected chi connectivity index (χ2v) is 12.8. The van der Waals surface area contributed by atoms with Crippen LogP contribution in [0.2, 0.25) is 10.0 Å². The molecular formula is C36H39Cl2N5O2. The van der Waals surface area contributed by atoms with Crippen LogP contribution < -0.4 is 5.32 Å². The SMILES string of the molecule is CCC(c1ccc(Cl)c(Cl)c1)C(N1CCC(Nc2nc3c(Cc4ccco4)cccc3[nH]2)CC1)N(C)C(=O)c1ccc(C)cc1. The van der Waals surface area contributed by atoms with Gasteiger partial charge in [0.15, 0.2) is 0 Å². The quantitative estimate of drug-likeness (QED) is 0.159. The highest BCUT2D eigenvalue weighted by Gasteiger charge is 2.36. The molecule has 45 heavy (non-hydrogen) atoms. The first kappa shape index (κ1) is 31.2. The van der Waals surface area contributed by atoms with Crippen molar-refractivity contribution in [2.75, 3.05) is 25.5 Å². The standard InChI is InChI=1S/C36H39Cl2N5O2/c1-4-29(25-14-15-30(37)31(38)22-25)34(42(3)35(44)24-12-10-23(2)11-13-24)43-18-16-27(17-19-43)39-36-40-32-9-5-7-26(33(32)41-36)21-28-8-6-20-45-28/h5-15,20,22,27,29,34H,4,16-19,21H2,1-3H3,(H2,39,40,41). The number of likely N-dealkylation sites (N-methyl/N-ethyl adjacent to an activating group) is 1. The lowest BCUT2D eigenvalue weighted by Crippen LogP contribution is -2.55. The molecule has 6 rings (SSSR count). The molecule has 1 saturated heterocycles. The van der Waals surface area contributed by atoms with Crippen molar-refractivity contribution in [3.8, 4) is 0 Å². The molecule has 2 aromatic heterocycles. The van der Waals surface area contributed by atoms with E-state index < -0.39 is 0 Å². The average molecular weight is 645 g/mol. The number of halogens is 2. The van der Waals surface area contributed by atoms with E-state index in [2.05, 4.69) is 34.3 Å². The summed E-state index contributed by atoms with van der Waals surface area (Å²) in [4.78, 5) is 26.6. The number of H-pyrrole nitrogens is 1. The first-order valence-electron chi connectivity index (χ1n) is 15.6. The number of benzene rings is 3. The predicted molar refractivity (Wildman–Crippen MR) is 182 cm³/mol. The van der Waals surface area contributed by atoms with Crippen molar-refractivity contribution in [2.24, 2.45) is 0 Å². The predicted octanol–water partition coefficient (Wildman–Crippen LogP) is 8.53. The fraction of sp³-hybridized carbons (Fsp3) is 0.333. The van der Waals surface area contributed by atoms with Gasteiger partial charge in [-0.05, 0) is 79.8 Å². The summed E-state index contributed by atoms with van der Waals surface area (Å²) < 4.78 is 5.57. The number of imidazole rings is 1. The monoisotopic (exact) mass is 643 g/mol. The van der Waals surface area contributed by atoms with Gasteiger partial charge in [-0.25, -0.2) is 4.98 Å². The van der Waals surface area contributed by atoms with Gasteiger partial charge in [0, 0.05) is 44.1 Å². The Morgan fingerprint density at radius 3 is 2.53 bits per heavy atom. The summed E-state index contributed by atoms with van der Waals surface area (Å²) in [7, 11) is 1.92. The van der Waals surface area contributed by atoms with E-state index in [1.54, 1.807) is 6.26 Å². The number of piperidine rings is 1. The zero-order chi connectivity index (χ0) is 31.5. The van der Waals surface area contributed by atoms with Crippen LogP contribution in [0.3, 0.4) is 0 Å². The summed E-state index contributed by atoms with van der Waals surface area (Å²) in [5.74, 6) is 1.75. The van der Waals surface area contributed by atoms with Crippen LogP contribution in [0.15, 0.2) is 83.5 Å². The summed E-state index contributed by atoms with van der Waals surface area (Å²) in [6, 6.07) is 24.0. The number of nitrogens with one attached hydrogen (secondary N) is 2. The van der Waals surface area contributed by atoms with Crippen molar-refractivity contribution in [1.29, 1.82) is 0 Å². The van der Waals surface area contributed by atoms with Gasteiger partial charge < -0.3 is 19.6 Å². The van der Waals surface area contributed by atoms with Crippen LogP contribution in [0.4, 0.5) is 5.95 Å². The number of hydrogen-bond donors (Lipinski definition) is 2. The van der Waals surface area contributed by atoms with Crippen LogP contribution in [0.5, 0.6) is 0 Å². The third-order valence-electron chi connectivity index (χ3n) is 8.97. The number of amides is 1. The lowest BCUT2D eigenvalue weighted by molar-refractivity contribution is 0.0201. The molecule has 1 aliphatic heterocycles. The van der Waals surface area contributed by atoms with E-state index in [0.717, 1.165) is 71.8 Å². The molecule has 3 aromatic carbocycles. The van der Waals surface area contributed by atoms with Crippen LogP contribution in [0.25, 0.3) is 11.0 Å². The number of furan rings is 1. The van der Waals surface area contributed by atoms with Crippen molar-refractivity contribution in [1.82, 2.24) is 19.8 Å². The van der Waals surface area contributed by atoms with Crippen molar-refractivity contribution >= 4 is 46.1 Å². The summed E-state index contributed by atoms with van der Waals surface area (Å²) in [5.41, 5.74) is 5.97. The number of anilines is 1. The summed E-state index contributed by atoms with van der Waals surface area (Å²) in [6.07, 6.45) is 4.91. The number of carbonyl (C=O) groups excluding carboxylic acids is 1. The molecule has 5 aromatic rings. The van der Waals surface area contributed by atoms with Gasteiger partial charge in [0.1, 0.15) is 5.76 Å². The molecule has 2 N–H and O–H groups in total. The molecule has 1 amide bonds. The Balaban J connectivity index is 1.20. The highest BCUT2D eigenvalue weighted by molar-refractivity contribution is 6.42. The van der Waals surface area contributed by atoms with Gasteiger partial charge in [-0.15, -0.1) is 0 Å². The Morgan fingerprint density at radius 2 is 1.84 bits per heavy atom. The number of carbonyl (C=O) groups is 1. The Kier molecular flexibility index (Phi) is 9.50.